The molecule has 3 nitrogen and oxygen atoms in total. The van der Waals surface area contributed by atoms with Gasteiger partial charge in [0, 0.05) is 6.42 Å². The number of carbonyl (C=O) groups is 1. The largest absolute Gasteiger partial charge is 0.511 e. The highest BCUT2D eigenvalue weighted by atomic mass is 19.2. The van der Waals surface area contributed by atoms with Gasteiger partial charge in [0.2, 0.25) is 0 Å². The summed E-state index contributed by atoms with van der Waals surface area (Å²) >= 11 is 0. The Morgan fingerprint density at radius 2 is 2.00 bits per heavy atom. The maximum absolute atomic E-state index is 13.5. The lowest BCUT2D eigenvalue weighted by molar-refractivity contribution is -0.132. The second-order valence-corrected chi connectivity index (χ2v) is 3.05. The molecule has 0 aromatic rings. The van der Waals surface area contributed by atoms with Crippen molar-refractivity contribution in [1.29, 1.82) is 0 Å². The van der Waals surface area contributed by atoms with Gasteiger partial charge in [-0.1, -0.05) is 6.92 Å². The van der Waals surface area contributed by atoms with Crippen LogP contribution in [0, 0.1) is 0 Å². The zero-order valence-electron chi connectivity index (χ0n) is 6.81. The van der Waals surface area contributed by atoms with E-state index in [1.165, 1.54) is 13.8 Å². The van der Waals surface area contributed by atoms with Crippen LogP contribution >= 0.6 is 0 Å². The van der Waals surface area contributed by atoms with E-state index in [0.29, 0.717) is 0 Å². The summed E-state index contributed by atoms with van der Waals surface area (Å²) in [5, 5.41) is 0. The van der Waals surface area contributed by atoms with Crippen molar-refractivity contribution in [3.63, 3.8) is 0 Å². The molecule has 0 amide bonds. The molecule has 4 heteroatoms. The van der Waals surface area contributed by atoms with Crippen LogP contribution in [-0.4, -0.2) is 17.6 Å². The normalized spacial score (nSPS) is 34.7. The van der Waals surface area contributed by atoms with Gasteiger partial charge in [-0.15, -0.1) is 0 Å². The van der Waals surface area contributed by atoms with Crippen LogP contribution in [-0.2, 0) is 9.47 Å². The fourth-order valence-electron chi connectivity index (χ4n) is 1.06. The van der Waals surface area contributed by atoms with Gasteiger partial charge >= 0.3 is 6.16 Å². The Balaban J connectivity index is 2.89. The van der Waals surface area contributed by atoms with Crippen molar-refractivity contribution in [2.45, 2.75) is 38.6 Å². The lowest BCUT2D eigenvalue weighted by atomic mass is 9.97. The van der Waals surface area contributed by atoms with Crippen LogP contribution in [0.4, 0.5) is 9.18 Å². The van der Waals surface area contributed by atoms with E-state index in [1.54, 1.807) is 6.92 Å². The predicted octanol–water partition coefficient (Wildman–Crippen LogP) is 2.01. The minimum atomic E-state index is -1.97. The first-order chi connectivity index (χ1) is 4.91. The fourth-order valence-corrected chi connectivity index (χ4v) is 1.06. The number of cyclic esters (lactones) is 2. The molecule has 1 rings (SSSR count). The molecule has 1 heterocycles. The van der Waals surface area contributed by atoms with Gasteiger partial charge in [0.1, 0.15) is 0 Å². The van der Waals surface area contributed by atoms with Crippen LogP contribution in [0.3, 0.4) is 0 Å². The third-order valence-corrected chi connectivity index (χ3v) is 1.94. The molecule has 11 heavy (non-hydrogen) atoms. The van der Waals surface area contributed by atoms with Crippen LogP contribution in [0.5, 0.6) is 0 Å². The third kappa shape index (κ3) is 1.06. The van der Waals surface area contributed by atoms with Gasteiger partial charge in [0.15, 0.2) is 5.60 Å². The third-order valence-electron chi connectivity index (χ3n) is 1.94. The lowest BCUT2D eigenvalue weighted by Crippen LogP contribution is -2.42. The predicted molar refractivity (Wildman–Crippen MR) is 35.8 cm³/mol. The smallest absolute Gasteiger partial charge is 0.421 e. The van der Waals surface area contributed by atoms with E-state index in [1.807, 2.05) is 0 Å². The molecule has 0 bridgehead atoms. The quantitative estimate of drug-likeness (QED) is 0.553. The number of hydrogen-bond acceptors (Lipinski definition) is 3. The van der Waals surface area contributed by atoms with Crippen molar-refractivity contribution in [3.05, 3.63) is 0 Å². The molecule has 1 unspecified atom stereocenters. The number of rotatable bonds is 1. The van der Waals surface area contributed by atoms with E-state index in [-0.39, 0.29) is 6.42 Å². The monoisotopic (exact) mass is 162 g/mol. The highest BCUT2D eigenvalue weighted by Gasteiger charge is 2.57. The number of ether oxygens (including phenoxy) is 2. The van der Waals surface area contributed by atoms with Crippen LogP contribution in [0.15, 0.2) is 0 Å². The van der Waals surface area contributed by atoms with Crippen molar-refractivity contribution in [1.82, 2.24) is 0 Å². The van der Waals surface area contributed by atoms with Gasteiger partial charge in [-0.3, -0.25) is 0 Å². The number of carbonyl (C=O) groups excluding carboxylic acids is 1. The Labute approximate surface area is 64.5 Å². The average Bonchev–Trinajstić information content (AvgIpc) is 2.03. The topological polar surface area (TPSA) is 35.5 Å². The van der Waals surface area contributed by atoms with Crippen molar-refractivity contribution in [2.75, 3.05) is 0 Å². The molecule has 0 aromatic carbocycles. The summed E-state index contributed by atoms with van der Waals surface area (Å²) in [5.74, 6) is -1.97. The second-order valence-electron chi connectivity index (χ2n) is 3.05. The first-order valence-corrected chi connectivity index (χ1v) is 3.52. The zero-order chi connectivity index (χ0) is 8.70. The maximum Gasteiger partial charge on any atom is 0.511 e. The molecule has 0 aliphatic carbocycles. The highest BCUT2D eigenvalue weighted by Crippen LogP contribution is 2.40. The molecule has 0 aromatic heterocycles. The molecule has 0 saturated carbocycles. The van der Waals surface area contributed by atoms with E-state index in [9.17, 15) is 9.18 Å². The van der Waals surface area contributed by atoms with E-state index >= 15 is 0 Å². The molecule has 0 spiro atoms. The molecule has 0 radical (unpaired) electrons. The average molecular weight is 162 g/mol. The van der Waals surface area contributed by atoms with E-state index in [0.717, 1.165) is 0 Å². The zero-order valence-corrected chi connectivity index (χ0v) is 6.81. The summed E-state index contributed by atoms with van der Waals surface area (Å²) in [6.45, 7) is 4.58. The summed E-state index contributed by atoms with van der Waals surface area (Å²) in [5.41, 5.74) is -1.17. The molecule has 1 saturated heterocycles. The Bertz CT molecular complexity index is 190. The summed E-state index contributed by atoms with van der Waals surface area (Å²) < 4.78 is 22.5. The SMILES string of the molecule is CCC1(F)OC(=O)OC1(C)C. The number of halogens is 1. The van der Waals surface area contributed by atoms with Gasteiger partial charge in [-0.25, -0.2) is 4.79 Å². The van der Waals surface area contributed by atoms with Crippen molar-refractivity contribution >= 4 is 6.16 Å². The van der Waals surface area contributed by atoms with E-state index < -0.39 is 17.6 Å². The molecule has 1 aliphatic rings. The van der Waals surface area contributed by atoms with Crippen LogP contribution in [0.25, 0.3) is 0 Å². The summed E-state index contributed by atoms with van der Waals surface area (Å²) in [7, 11) is 0. The van der Waals surface area contributed by atoms with Gasteiger partial charge in [-0.05, 0) is 13.8 Å². The van der Waals surface area contributed by atoms with Crippen molar-refractivity contribution in [2.24, 2.45) is 0 Å². The van der Waals surface area contributed by atoms with Crippen LogP contribution < -0.4 is 0 Å². The highest BCUT2D eigenvalue weighted by molar-refractivity contribution is 5.63. The van der Waals surface area contributed by atoms with Crippen molar-refractivity contribution in [3.8, 4) is 0 Å². The summed E-state index contributed by atoms with van der Waals surface area (Å²) in [6.07, 6.45) is -0.828. The fraction of sp³-hybridized carbons (Fsp3) is 0.857. The Kier molecular flexibility index (Phi) is 1.58. The summed E-state index contributed by atoms with van der Waals surface area (Å²) in [6, 6.07) is 0. The lowest BCUT2D eigenvalue weighted by Gasteiger charge is -2.26. The molecular weight excluding hydrogens is 151 g/mol. The van der Waals surface area contributed by atoms with E-state index in [4.69, 9.17) is 0 Å². The van der Waals surface area contributed by atoms with E-state index in [2.05, 4.69) is 9.47 Å². The molecule has 1 fully saturated rings. The Morgan fingerprint density at radius 1 is 1.45 bits per heavy atom. The van der Waals surface area contributed by atoms with Crippen molar-refractivity contribution < 1.29 is 18.7 Å². The van der Waals surface area contributed by atoms with Crippen LogP contribution in [0.2, 0.25) is 0 Å². The molecule has 1 aliphatic heterocycles. The van der Waals surface area contributed by atoms with Crippen LogP contribution in [0.1, 0.15) is 27.2 Å². The molecule has 1 atom stereocenters. The summed E-state index contributed by atoms with van der Waals surface area (Å²) in [4.78, 5) is 10.5. The minimum Gasteiger partial charge on any atom is -0.421 e. The number of hydrogen-bond donors (Lipinski definition) is 0. The van der Waals surface area contributed by atoms with Gasteiger partial charge in [0.05, 0.1) is 0 Å². The number of alkyl halides is 1. The van der Waals surface area contributed by atoms with Gasteiger partial charge in [-0.2, -0.15) is 4.39 Å². The Morgan fingerprint density at radius 3 is 2.18 bits per heavy atom. The van der Waals surface area contributed by atoms with Gasteiger partial charge in [0.25, 0.3) is 5.85 Å². The van der Waals surface area contributed by atoms with Gasteiger partial charge < -0.3 is 9.47 Å². The first kappa shape index (κ1) is 8.30. The first-order valence-electron chi connectivity index (χ1n) is 3.52. The Hall–Kier alpha value is -0.800. The molecule has 64 valence electrons. The minimum absolute atomic E-state index is 0.103. The standard InChI is InChI=1S/C7H11FO3/c1-4-7(8)6(2,3)10-5(9)11-7/h4H2,1-3H3. The second kappa shape index (κ2) is 2.09. The molecule has 0 N–H and O–H groups in total. The maximum atomic E-state index is 13.5. The molecular formula is C7H11FO3.